The van der Waals surface area contributed by atoms with E-state index >= 15 is 0 Å². The van der Waals surface area contributed by atoms with Gasteiger partial charge in [-0.2, -0.15) is 0 Å². The largest absolute Gasteiger partial charge is 0.389 e. The van der Waals surface area contributed by atoms with E-state index in [1.807, 2.05) is 20.8 Å². The van der Waals surface area contributed by atoms with Crippen molar-refractivity contribution in [3.8, 4) is 0 Å². The molecule has 0 radical (unpaired) electrons. The second kappa shape index (κ2) is 3.78. The molecule has 78 valence electrons. The smallest absolute Gasteiger partial charge is 0.147 e. The molecule has 0 aliphatic carbocycles. The topological polar surface area (TPSA) is 49.7 Å². The molecule has 0 aliphatic heterocycles. The van der Waals surface area contributed by atoms with Gasteiger partial charge >= 0.3 is 0 Å². The molecule has 3 nitrogen and oxygen atoms in total. The third kappa shape index (κ3) is 2.53. The summed E-state index contributed by atoms with van der Waals surface area (Å²) in [6, 6.07) is 0. The summed E-state index contributed by atoms with van der Waals surface area (Å²) in [6.45, 7) is 12.6. The summed E-state index contributed by atoms with van der Waals surface area (Å²) in [5.41, 5.74) is -0.869. The summed E-state index contributed by atoms with van der Waals surface area (Å²) < 4.78 is 0. The maximum atomic E-state index is 9.93. The quantitative estimate of drug-likeness (QED) is 0.405. The van der Waals surface area contributed by atoms with E-state index in [1.54, 1.807) is 13.8 Å². The van der Waals surface area contributed by atoms with Crippen LogP contribution in [0.25, 0.3) is 0 Å². The van der Waals surface area contributed by atoms with Gasteiger partial charge in [-0.25, -0.2) is 4.89 Å². The Hall–Kier alpha value is -0.380. The van der Waals surface area contributed by atoms with E-state index < -0.39 is 11.7 Å². The molecule has 2 atom stereocenters. The van der Waals surface area contributed by atoms with Gasteiger partial charge in [0.2, 0.25) is 0 Å². The SMILES string of the molecule is C=C(C)C(C)(OO)C(O)C(C)(C)C. The number of hydrogen-bond acceptors (Lipinski definition) is 3. The van der Waals surface area contributed by atoms with Gasteiger partial charge in [0.1, 0.15) is 5.60 Å². The van der Waals surface area contributed by atoms with Crippen molar-refractivity contribution in [1.82, 2.24) is 0 Å². The van der Waals surface area contributed by atoms with Crippen molar-refractivity contribution < 1.29 is 15.3 Å². The maximum absolute atomic E-state index is 9.93. The average Bonchev–Trinajstić information content (AvgIpc) is 1.99. The Morgan fingerprint density at radius 3 is 1.77 bits per heavy atom. The van der Waals surface area contributed by atoms with E-state index in [9.17, 15) is 5.11 Å². The minimum absolute atomic E-state index is 0.365. The van der Waals surface area contributed by atoms with Gasteiger partial charge in [-0.1, -0.05) is 27.4 Å². The predicted molar refractivity (Wildman–Crippen MR) is 52.4 cm³/mol. The molecule has 0 fully saturated rings. The van der Waals surface area contributed by atoms with E-state index in [1.165, 1.54) is 0 Å². The first kappa shape index (κ1) is 12.6. The van der Waals surface area contributed by atoms with E-state index in [0.717, 1.165) is 0 Å². The molecule has 0 aromatic carbocycles. The highest BCUT2D eigenvalue weighted by Gasteiger charge is 2.42. The molecule has 0 saturated heterocycles. The van der Waals surface area contributed by atoms with Crippen LogP contribution in [0.4, 0.5) is 0 Å². The summed E-state index contributed by atoms with van der Waals surface area (Å²) >= 11 is 0. The Morgan fingerprint density at radius 2 is 1.69 bits per heavy atom. The van der Waals surface area contributed by atoms with Gasteiger partial charge in [0.25, 0.3) is 0 Å². The predicted octanol–water partition coefficient (Wildman–Crippen LogP) is 2.22. The molecule has 0 spiro atoms. The van der Waals surface area contributed by atoms with E-state index in [-0.39, 0.29) is 5.41 Å². The number of rotatable bonds is 3. The van der Waals surface area contributed by atoms with Crippen LogP contribution in [0.2, 0.25) is 0 Å². The highest BCUT2D eigenvalue weighted by Crippen LogP contribution is 2.34. The summed E-state index contributed by atoms with van der Waals surface area (Å²) in [5.74, 6) is 0. The van der Waals surface area contributed by atoms with Crippen LogP contribution in [0.3, 0.4) is 0 Å². The molecule has 0 bridgehead atoms. The Kier molecular flexibility index (Phi) is 3.67. The van der Waals surface area contributed by atoms with Gasteiger partial charge in [0.05, 0.1) is 6.10 Å². The molecule has 0 saturated carbocycles. The fourth-order valence-corrected chi connectivity index (χ4v) is 1.19. The van der Waals surface area contributed by atoms with E-state index in [0.29, 0.717) is 5.57 Å². The van der Waals surface area contributed by atoms with Crippen molar-refractivity contribution in [1.29, 1.82) is 0 Å². The Bertz CT molecular complexity index is 193. The van der Waals surface area contributed by atoms with Gasteiger partial charge in [0.15, 0.2) is 0 Å². The van der Waals surface area contributed by atoms with Crippen LogP contribution in [-0.4, -0.2) is 22.1 Å². The zero-order chi connectivity index (χ0) is 10.9. The molecule has 0 rings (SSSR count). The van der Waals surface area contributed by atoms with Crippen molar-refractivity contribution in [2.45, 2.75) is 46.3 Å². The molecular formula is C10H20O3. The van der Waals surface area contributed by atoms with Crippen molar-refractivity contribution in [2.24, 2.45) is 5.41 Å². The average molecular weight is 188 g/mol. The lowest BCUT2D eigenvalue weighted by atomic mass is 9.76. The number of aliphatic hydroxyl groups excluding tert-OH is 1. The van der Waals surface area contributed by atoms with Crippen LogP contribution in [0.1, 0.15) is 34.6 Å². The van der Waals surface area contributed by atoms with Crippen LogP contribution < -0.4 is 0 Å². The summed E-state index contributed by atoms with van der Waals surface area (Å²) in [4.78, 5) is 4.34. The fraction of sp³-hybridized carbons (Fsp3) is 0.800. The first-order valence-electron chi connectivity index (χ1n) is 4.33. The minimum Gasteiger partial charge on any atom is -0.389 e. The van der Waals surface area contributed by atoms with Crippen LogP contribution in [-0.2, 0) is 4.89 Å². The van der Waals surface area contributed by atoms with Crippen molar-refractivity contribution in [3.05, 3.63) is 12.2 Å². The summed E-state index contributed by atoms with van der Waals surface area (Å²) in [5, 5.41) is 18.7. The molecule has 2 unspecified atom stereocenters. The summed E-state index contributed by atoms with van der Waals surface area (Å²) in [6.07, 6.45) is -0.803. The molecular weight excluding hydrogens is 168 g/mol. The normalized spacial score (nSPS) is 19.3. The first-order chi connectivity index (χ1) is 5.66. The number of hydrogen-bond donors (Lipinski definition) is 2. The lowest BCUT2D eigenvalue weighted by molar-refractivity contribution is -0.334. The maximum Gasteiger partial charge on any atom is 0.147 e. The van der Waals surface area contributed by atoms with Gasteiger partial charge in [-0.3, -0.25) is 5.26 Å². The van der Waals surface area contributed by atoms with E-state index in [2.05, 4.69) is 11.5 Å². The third-order valence-electron chi connectivity index (χ3n) is 2.38. The Balaban J connectivity index is 4.88. The highest BCUT2D eigenvalue weighted by molar-refractivity contribution is 5.13. The van der Waals surface area contributed by atoms with Gasteiger partial charge in [-0.15, -0.1) is 0 Å². The highest BCUT2D eigenvalue weighted by atomic mass is 17.1. The van der Waals surface area contributed by atoms with Gasteiger partial charge < -0.3 is 5.11 Å². The van der Waals surface area contributed by atoms with Gasteiger partial charge in [0, 0.05) is 0 Å². The molecule has 0 amide bonds. The molecule has 0 aliphatic rings. The monoisotopic (exact) mass is 188 g/mol. The van der Waals surface area contributed by atoms with Crippen molar-refractivity contribution >= 4 is 0 Å². The third-order valence-corrected chi connectivity index (χ3v) is 2.38. The second-order valence-electron chi connectivity index (χ2n) is 4.75. The summed E-state index contributed by atoms with van der Waals surface area (Å²) in [7, 11) is 0. The zero-order valence-electron chi connectivity index (χ0n) is 9.09. The molecule has 0 aromatic rings. The second-order valence-corrected chi connectivity index (χ2v) is 4.75. The van der Waals surface area contributed by atoms with Crippen molar-refractivity contribution in [2.75, 3.05) is 0 Å². The molecule has 2 N–H and O–H groups in total. The Labute approximate surface area is 80.0 Å². The van der Waals surface area contributed by atoms with Crippen molar-refractivity contribution in [3.63, 3.8) is 0 Å². The van der Waals surface area contributed by atoms with Gasteiger partial charge in [-0.05, 0) is 24.8 Å². The molecule has 0 aromatic heterocycles. The van der Waals surface area contributed by atoms with Crippen LogP contribution in [0.15, 0.2) is 12.2 Å². The van der Waals surface area contributed by atoms with Crippen LogP contribution in [0, 0.1) is 5.41 Å². The zero-order valence-corrected chi connectivity index (χ0v) is 9.09. The minimum atomic E-state index is -1.10. The molecule has 3 heteroatoms. The molecule has 13 heavy (non-hydrogen) atoms. The first-order valence-corrected chi connectivity index (χ1v) is 4.33. The standard InChI is InChI=1S/C10H20O3/c1-7(2)10(6,13-12)8(11)9(3,4)5/h8,11-12H,1H2,2-6H3. The van der Waals surface area contributed by atoms with Crippen LogP contribution >= 0.6 is 0 Å². The fourth-order valence-electron chi connectivity index (χ4n) is 1.19. The van der Waals surface area contributed by atoms with E-state index in [4.69, 9.17) is 5.26 Å². The molecule has 0 heterocycles. The number of aliphatic hydroxyl groups is 1. The van der Waals surface area contributed by atoms with Crippen LogP contribution in [0.5, 0.6) is 0 Å². The lowest BCUT2D eigenvalue weighted by Crippen LogP contribution is -2.49. The lowest BCUT2D eigenvalue weighted by Gasteiger charge is -2.39. The Morgan fingerprint density at radius 1 is 1.31 bits per heavy atom.